The van der Waals surface area contributed by atoms with E-state index in [1.165, 1.54) is 16.6 Å². The summed E-state index contributed by atoms with van der Waals surface area (Å²) in [4.78, 5) is 20.5. The molecule has 2 N–H and O–H groups in total. The Balaban J connectivity index is 1.72. The SMILES string of the molecule is C=C(NNC(=O)c1nc2nc(C)cc(C)n2n1)c1ccc(F)cc1. The summed E-state index contributed by atoms with van der Waals surface area (Å²) < 4.78 is 14.4. The molecule has 0 aliphatic heterocycles. The largest absolute Gasteiger partial charge is 0.309 e. The van der Waals surface area contributed by atoms with Crippen molar-refractivity contribution in [1.29, 1.82) is 0 Å². The number of amides is 1. The van der Waals surface area contributed by atoms with Gasteiger partial charge in [0, 0.05) is 11.4 Å². The van der Waals surface area contributed by atoms with Gasteiger partial charge in [-0.05, 0) is 49.7 Å². The van der Waals surface area contributed by atoms with Crippen molar-refractivity contribution >= 4 is 17.4 Å². The number of halogens is 1. The summed E-state index contributed by atoms with van der Waals surface area (Å²) in [7, 11) is 0. The molecule has 2 aromatic heterocycles. The zero-order valence-electron chi connectivity index (χ0n) is 13.2. The molecular weight excluding hydrogens is 311 g/mol. The third kappa shape index (κ3) is 3.07. The molecule has 3 aromatic rings. The fourth-order valence-corrected chi connectivity index (χ4v) is 2.17. The number of rotatable bonds is 4. The maximum absolute atomic E-state index is 12.9. The second kappa shape index (κ2) is 6.07. The standard InChI is InChI=1S/C16H15FN6O/c1-9-8-10(2)23-16(18-9)19-14(22-23)15(24)21-20-11(3)12-4-6-13(17)7-5-12/h4-8,20H,3H2,1-2H3,(H,21,24). The second-order valence-electron chi connectivity index (χ2n) is 5.25. The zero-order chi connectivity index (χ0) is 17.3. The topological polar surface area (TPSA) is 84.2 Å². The first-order valence-electron chi connectivity index (χ1n) is 7.16. The molecule has 2 heterocycles. The molecule has 0 atom stereocenters. The maximum atomic E-state index is 12.9. The van der Waals surface area contributed by atoms with Crippen LogP contribution in [0.4, 0.5) is 4.39 Å². The molecule has 3 rings (SSSR count). The summed E-state index contributed by atoms with van der Waals surface area (Å²) >= 11 is 0. The van der Waals surface area contributed by atoms with E-state index >= 15 is 0 Å². The third-order valence-electron chi connectivity index (χ3n) is 3.34. The molecule has 24 heavy (non-hydrogen) atoms. The fraction of sp³-hybridized carbons (Fsp3) is 0.125. The highest BCUT2D eigenvalue weighted by Gasteiger charge is 2.15. The molecule has 0 unspecified atom stereocenters. The quantitative estimate of drug-likeness (QED) is 0.714. The lowest BCUT2D eigenvalue weighted by Gasteiger charge is -2.09. The van der Waals surface area contributed by atoms with Crippen LogP contribution in [0, 0.1) is 19.7 Å². The highest BCUT2D eigenvalue weighted by atomic mass is 19.1. The van der Waals surface area contributed by atoms with E-state index in [-0.39, 0.29) is 11.6 Å². The molecule has 0 spiro atoms. The third-order valence-corrected chi connectivity index (χ3v) is 3.34. The Bertz CT molecular complexity index is 932. The average Bonchev–Trinajstić information content (AvgIpc) is 2.97. The Morgan fingerprint density at radius 3 is 2.58 bits per heavy atom. The first-order chi connectivity index (χ1) is 11.4. The van der Waals surface area contributed by atoms with E-state index in [1.807, 2.05) is 19.9 Å². The molecule has 0 radical (unpaired) electrons. The van der Waals surface area contributed by atoms with Crippen LogP contribution in [-0.4, -0.2) is 25.5 Å². The van der Waals surface area contributed by atoms with Crippen molar-refractivity contribution in [3.8, 4) is 0 Å². The number of nitrogens with zero attached hydrogens (tertiary/aromatic N) is 4. The van der Waals surface area contributed by atoms with Gasteiger partial charge in [-0.3, -0.25) is 15.6 Å². The summed E-state index contributed by atoms with van der Waals surface area (Å²) in [5, 5.41) is 4.13. The Kier molecular flexibility index (Phi) is 3.95. The summed E-state index contributed by atoms with van der Waals surface area (Å²) in [6.07, 6.45) is 0. The van der Waals surface area contributed by atoms with Gasteiger partial charge < -0.3 is 0 Å². The second-order valence-corrected chi connectivity index (χ2v) is 5.25. The van der Waals surface area contributed by atoms with E-state index in [0.717, 1.165) is 11.4 Å². The Morgan fingerprint density at radius 2 is 1.88 bits per heavy atom. The van der Waals surface area contributed by atoms with Gasteiger partial charge in [0.05, 0.1) is 5.70 Å². The highest BCUT2D eigenvalue weighted by molar-refractivity contribution is 5.91. The number of hydrogen-bond donors (Lipinski definition) is 2. The van der Waals surface area contributed by atoms with Gasteiger partial charge in [0.1, 0.15) is 5.82 Å². The van der Waals surface area contributed by atoms with Crippen molar-refractivity contribution in [2.45, 2.75) is 13.8 Å². The number of hydrogen-bond acceptors (Lipinski definition) is 5. The molecule has 7 nitrogen and oxygen atoms in total. The maximum Gasteiger partial charge on any atom is 0.309 e. The van der Waals surface area contributed by atoms with E-state index < -0.39 is 5.91 Å². The van der Waals surface area contributed by atoms with Crippen LogP contribution in [0.15, 0.2) is 36.9 Å². The zero-order valence-corrected chi connectivity index (χ0v) is 13.2. The minimum Gasteiger partial charge on any atom is -0.298 e. The van der Waals surface area contributed by atoms with Crippen LogP contribution in [0.5, 0.6) is 0 Å². The molecule has 0 saturated carbocycles. The molecular formula is C16H15FN6O. The van der Waals surface area contributed by atoms with Crippen molar-refractivity contribution in [1.82, 2.24) is 30.4 Å². The lowest BCUT2D eigenvalue weighted by atomic mass is 10.2. The molecule has 0 aliphatic carbocycles. The van der Waals surface area contributed by atoms with Gasteiger partial charge in [0.25, 0.3) is 5.78 Å². The first-order valence-corrected chi connectivity index (χ1v) is 7.16. The number of nitrogens with one attached hydrogen (secondary N) is 2. The number of carbonyl (C=O) groups is 1. The average molecular weight is 326 g/mol. The number of carbonyl (C=O) groups excluding carboxylic acids is 1. The van der Waals surface area contributed by atoms with Crippen LogP contribution in [0.25, 0.3) is 11.5 Å². The van der Waals surface area contributed by atoms with Crippen LogP contribution in [0.2, 0.25) is 0 Å². The van der Waals surface area contributed by atoms with Gasteiger partial charge >= 0.3 is 5.91 Å². The smallest absolute Gasteiger partial charge is 0.298 e. The Morgan fingerprint density at radius 1 is 1.17 bits per heavy atom. The summed E-state index contributed by atoms with van der Waals surface area (Å²) in [6, 6.07) is 7.57. The van der Waals surface area contributed by atoms with Gasteiger partial charge in [0.15, 0.2) is 0 Å². The number of aryl methyl sites for hydroxylation is 2. The molecule has 0 saturated heterocycles. The number of aromatic nitrogens is 4. The number of fused-ring (bicyclic) bond motifs is 1. The summed E-state index contributed by atoms with van der Waals surface area (Å²) in [6.45, 7) is 7.48. The molecule has 0 fully saturated rings. The molecule has 1 amide bonds. The molecule has 8 heteroatoms. The van der Waals surface area contributed by atoms with Crippen LogP contribution in [-0.2, 0) is 0 Å². The predicted octanol–water partition coefficient (Wildman–Crippen LogP) is 1.79. The van der Waals surface area contributed by atoms with Crippen molar-refractivity contribution in [2.24, 2.45) is 0 Å². The summed E-state index contributed by atoms with van der Waals surface area (Å²) in [5.41, 5.74) is 7.80. The molecule has 0 aliphatic rings. The van der Waals surface area contributed by atoms with Crippen LogP contribution in [0.1, 0.15) is 27.6 Å². The van der Waals surface area contributed by atoms with E-state index in [0.29, 0.717) is 17.0 Å². The van der Waals surface area contributed by atoms with Gasteiger partial charge in [-0.25, -0.2) is 13.9 Å². The molecule has 122 valence electrons. The van der Waals surface area contributed by atoms with Crippen LogP contribution < -0.4 is 10.9 Å². The molecule has 1 aromatic carbocycles. The minimum absolute atomic E-state index is 0.0180. The van der Waals surface area contributed by atoms with Crippen molar-refractivity contribution in [3.63, 3.8) is 0 Å². The van der Waals surface area contributed by atoms with E-state index in [9.17, 15) is 9.18 Å². The lowest BCUT2D eigenvalue weighted by molar-refractivity contribution is 0.0932. The minimum atomic E-state index is -0.527. The highest BCUT2D eigenvalue weighted by Crippen LogP contribution is 2.09. The van der Waals surface area contributed by atoms with E-state index in [1.54, 1.807) is 12.1 Å². The number of hydrazine groups is 1. The van der Waals surface area contributed by atoms with Crippen molar-refractivity contribution in [2.75, 3.05) is 0 Å². The van der Waals surface area contributed by atoms with Gasteiger partial charge in [-0.2, -0.15) is 4.98 Å². The fourth-order valence-electron chi connectivity index (χ4n) is 2.17. The lowest BCUT2D eigenvalue weighted by Crippen LogP contribution is -2.36. The van der Waals surface area contributed by atoms with Crippen LogP contribution in [0.3, 0.4) is 0 Å². The Hall–Kier alpha value is -3.29. The first kappa shape index (κ1) is 15.6. The molecule has 0 bridgehead atoms. The Labute approximate surface area is 137 Å². The summed E-state index contributed by atoms with van der Waals surface area (Å²) in [5.74, 6) is -0.533. The van der Waals surface area contributed by atoms with E-state index in [2.05, 4.69) is 32.5 Å². The van der Waals surface area contributed by atoms with Crippen LogP contribution >= 0.6 is 0 Å². The monoisotopic (exact) mass is 326 g/mol. The van der Waals surface area contributed by atoms with Crippen molar-refractivity contribution < 1.29 is 9.18 Å². The predicted molar refractivity (Wildman–Crippen MR) is 86.3 cm³/mol. The van der Waals surface area contributed by atoms with E-state index in [4.69, 9.17) is 0 Å². The van der Waals surface area contributed by atoms with Gasteiger partial charge in [0.2, 0.25) is 5.82 Å². The van der Waals surface area contributed by atoms with Gasteiger partial charge in [-0.1, -0.05) is 6.58 Å². The normalized spacial score (nSPS) is 10.6. The van der Waals surface area contributed by atoms with Gasteiger partial charge in [-0.15, -0.1) is 5.10 Å². The van der Waals surface area contributed by atoms with Crippen molar-refractivity contribution in [3.05, 3.63) is 65.5 Å². The number of benzene rings is 1.